The second kappa shape index (κ2) is 10.8. The lowest BCUT2D eigenvalue weighted by atomic mass is 10.1. The molecule has 6 nitrogen and oxygen atoms in total. The van der Waals surface area contributed by atoms with Crippen molar-refractivity contribution in [3.8, 4) is 5.75 Å². The SMILES string of the molecule is CCCOc1ccccc1CCCNC(=O)CN(c1cccc(F)c1)S(C)(=O)=O. The molecule has 0 aliphatic heterocycles. The molecular formula is C21H27FN2O4S. The van der Waals surface area contributed by atoms with Gasteiger partial charge in [-0.05, 0) is 49.1 Å². The van der Waals surface area contributed by atoms with Gasteiger partial charge in [0.05, 0.1) is 18.6 Å². The number of benzene rings is 2. The van der Waals surface area contributed by atoms with E-state index in [1.54, 1.807) is 0 Å². The van der Waals surface area contributed by atoms with Gasteiger partial charge in [-0.1, -0.05) is 31.2 Å². The van der Waals surface area contributed by atoms with Crippen LogP contribution >= 0.6 is 0 Å². The zero-order chi connectivity index (χ0) is 21.3. The first-order valence-corrected chi connectivity index (χ1v) is 11.4. The predicted molar refractivity (Wildman–Crippen MR) is 112 cm³/mol. The molecule has 0 spiro atoms. The summed E-state index contributed by atoms with van der Waals surface area (Å²) < 4.78 is 44.1. The zero-order valence-corrected chi connectivity index (χ0v) is 17.5. The van der Waals surface area contributed by atoms with Gasteiger partial charge in [0.15, 0.2) is 0 Å². The van der Waals surface area contributed by atoms with Crippen molar-refractivity contribution < 1.29 is 22.3 Å². The second-order valence-electron chi connectivity index (χ2n) is 6.66. The number of aryl methyl sites for hydroxylation is 1. The fourth-order valence-corrected chi connectivity index (χ4v) is 3.64. The van der Waals surface area contributed by atoms with Gasteiger partial charge in [0.1, 0.15) is 18.1 Å². The van der Waals surface area contributed by atoms with Crippen LogP contribution in [0.2, 0.25) is 0 Å². The number of carbonyl (C=O) groups is 1. The van der Waals surface area contributed by atoms with Gasteiger partial charge in [-0.3, -0.25) is 9.10 Å². The van der Waals surface area contributed by atoms with Gasteiger partial charge in [0, 0.05) is 6.54 Å². The molecule has 0 aliphatic rings. The number of anilines is 1. The van der Waals surface area contributed by atoms with Gasteiger partial charge in [-0.25, -0.2) is 12.8 Å². The molecule has 2 rings (SSSR count). The molecule has 1 N–H and O–H groups in total. The van der Waals surface area contributed by atoms with Gasteiger partial charge < -0.3 is 10.1 Å². The van der Waals surface area contributed by atoms with Crippen LogP contribution in [0.3, 0.4) is 0 Å². The van der Waals surface area contributed by atoms with Gasteiger partial charge in [0.25, 0.3) is 0 Å². The summed E-state index contributed by atoms with van der Waals surface area (Å²) >= 11 is 0. The highest BCUT2D eigenvalue weighted by molar-refractivity contribution is 7.92. The van der Waals surface area contributed by atoms with Crippen LogP contribution in [-0.4, -0.2) is 40.3 Å². The quantitative estimate of drug-likeness (QED) is 0.565. The number of nitrogens with one attached hydrogen (secondary N) is 1. The first-order chi connectivity index (χ1) is 13.8. The standard InChI is InChI=1S/C21H27FN2O4S/c1-3-14-28-20-12-5-4-8-17(20)9-7-13-23-21(25)16-24(29(2,26)27)19-11-6-10-18(22)15-19/h4-6,8,10-12,15H,3,7,9,13-14,16H2,1-2H3,(H,23,25). The molecule has 2 aromatic rings. The summed E-state index contributed by atoms with van der Waals surface area (Å²) in [5, 5.41) is 2.72. The van der Waals surface area contributed by atoms with E-state index < -0.39 is 28.3 Å². The Labute approximate surface area is 171 Å². The van der Waals surface area contributed by atoms with Crippen molar-refractivity contribution in [3.05, 3.63) is 59.9 Å². The fraction of sp³-hybridized carbons (Fsp3) is 0.381. The predicted octanol–water partition coefficient (Wildman–Crippen LogP) is 3.13. The normalized spacial score (nSPS) is 11.1. The van der Waals surface area contributed by atoms with Crippen LogP contribution in [0.15, 0.2) is 48.5 Å². The number of hydrogen-bond donors (Lipinski definition) is 1. The number of halogens is 1. The summed E-state index contributed by atoms with van der Waals surface area (Å²) in [5.74, 6) is -0.175. The molecule has 0 unspecified atom stereocenters. The van der Waals surface area contributed by atoms with Crippen LogP contribution in [0.1, 0.15) is 25.3 Å². The molecule has 0 aromatic heterocycles. The maximum Gasteiger partial charge on any atom is 0.240 e. The topological polar surface area (TPSA) is 75.7 Å². The zero-order valence-electron chi connectivity index (χ0n) is 16.7. The third-order valence-corrected chi connectivity index (χ3v) is 5.30. The molecular weight excluding hydrogens is 395 g/mol. The van der Waals surface area contributed by atoms with E-state index in [0.29, 0.717) is 19.6 Å². The molecule has 0 radical (unpaired) electrons. The van der Waals surface area contributed by atoms with Crippen molar-refractivity contribution in [2.75, 3.05) is 30.3 Å². The molecule has 0 fully saturated rings. The molecule has 0 saturated heterocycles. The average molecular weight is 423 g/mol. The van der Waals surface area contributed by atoms with Crippen molar-refractivity contribution in [3.63, 3.8) is 0 Å². The Morgan fingerprint density at radius 2 is 1.93 bits per heavy atom. The fourth-order valence-electron chi connectivity index (χ4n) is 2.79. The molecule has 0 aliphatic carbocycles. The molecule has 0 atom stereocenters. The van der Waals surface area contributed by atoms with E-state index in [1.807, 2.05) is 31.2 Å². The Hall–Kier alpha value is -2.61. The molecule has 158 valence electrons. The first kappa shape index (κ1) is 22.7. The maximum atomic E-state index is 13.4. The number of para-hydroxylation sites is 1. The van der Waals surface area contributed by atoms with E-state index in [1.165, 1.54) is 18.2 Å². The van der Waals surface area contributed by atoms with Crippen LogP contribution in [0, 0.1) is 5.82 Å². The van der Waals surface area contributed by atoms with Crippen molar-refractivity contribution in [1.82, 2.24) is 5.32 Å². The minimum Gasteiger partial charge on any atom is -0.493 e. The smallest absolute Gasteiger partial charge is 0.240 e. The van der Waals surface area contributed by atoms with Crippen molar-refractivity contribution in [2.45, 2.75) is 26.2 Å². The Bertz CT molecular complexity index is 918. The minimum atomic E-state index is -3.73. The Morgan fingerprint density at radius 1 is 1.17 bits per heavy atom. The Kier molecular flexibility index (Phi) is 8.45. The third-order valence-electron chi connectivity index (χ3n) is 4.16. The van der Waals surface area contributed by atoms with Crippen LogP contribution in [0.25, 0.3) is 0 Å². The number of carbonyl (C=O) groups excluding carboxylic acids is 1. The lowest BCUT2D eigenvalue weighted by Gasteiger charge is -2.22. The average Bonchev–Trinajstić information content (AvgIpc) is 2.67. The van der Waals surface area contributed by atoms with Crippen LogP contribution in [-0.2, 0) is 21.2 Å². The molecule has 2 aromatic carbocycles. The minimum absolute atomic E-state index is 0.115. The summed E-state index contributed by atoms with van der Waals surface area (Å²) in [5.41, 5.74) is 1.18. The lowest BCUT2D eigenvalue weighted by Crippen LogP contribution is -2.40. The van der Waals surface area contributed by atoms with Crippen molar-refractivity contribution in [1.29, 1.82) is 0 Å². The highest BCUT2D eigenvalue weighted by Gasteiger charge is 2.21. The van der Waals surface area contributed by atoms with E-state index in [2.05, 4.69) is 5.32 Å². The van der Waals surface area contributed by atoms with Gasteiger partial charge in [-0.2, -0.15) is 0 Å². The van der Waals surface area contributed by atoms with Crippen LogP contribution in [0.4, 0.5) is 10.1 Å². The van der Waals surface area contributed by atoms with E-state index in [-0.39, 0.29) is 5.69 Å². The molecule has 0 bridgehead atoms. The highest BCUT2D eigenvalue weighted by atomic mass is 32.2. The molecule has 0 heterocycles. The number of hydrogen-bond acceptors (Lipinski definition) is 4. The van der Waals surface area contributed by atoms with Gasteiger partial charge in [-0.15, -0.1) is 0 Å². The highest BCUT2D eigenvalue weighted by Crippen LogP contribution is 2.20. The number of nitrogens with zero attached hydrogens (tertiary/aromatic N) is 1. The first-order valence-electron chi connectivity index (χ1n) is 9.52. The Morgan fingerprint density at radius 3 is 2.62 bits per heavy atom. The largest absolute Gasteiger partial charge is 0.493 e. The monoisotopic (exact) mass is 422 g/mol. The van der Waals surface area contributed by atoms with Crippen molar-refractivity contribution >= 4 is 21.6 Å². The maximum absolute atomic E-state index is 13.4. The van der Waals surface area contributed by atoms with Crippen LogP contribution in [0.5, 0.6) is 5.75 Å². The molecule has 29 heavy (non-hydrogen) atoms. The number of amides is 1. The van der Waals surface area contributed by atoms with E-state index in [4.69, 9.17) is 4.74 Å². The number of ether oxygens (including phenoxy) is 1. The summed E-state index contributed by atoms with van der Waals surface area (Å²) in [6, 6.07) is 12.9. The third kappa shape index (κ3) is 7.38. The van der Waals surface area contributed by atoms with E-state index >= 15 is 0 Å². The molecule has 8 heteroatoms. The van der Waals surface area contributed by atoms with E-state index in [9.17, 15) is 17.6 Å². The summed E-state index contributed by atoms with van der Waals surface area (Å²) in [4.78, 5) is 12.2. The second-order valence-corrected chi connectivity index (χ2v) is 8.57. The number of sulfonamides is 1. The van der Waals surface area contributed by atoms with Gasteiger partial charge in [0.2, 0.25) is 15.9 Å². The summed E-state index contributed by atoms with van der Waals surface area (Å²) in [6.45, 7) is 2.68. The summed E-state index contributed by atoms with van der Waals surface area (Å²) in [6.07, 6.45) is 3.31. The van der Waals surface area contributed by atoms with E-state index in [0.717, 1.165) is 40.8 Å². The number of rotatable bonds is 11. The molecule has 1 amide bonds. The molecule has 0 saturated carbocycles. The summed E-state index contributed by atoms with van der Waals surface area (Å²) in [7, 11) is -3.73. The van der Waals surface area contributed by atoms with Gasteiger partial charge >= 0.3 is 0 Å². The van der Waals surface area contributed by atoms with Crippen LogP contribution < -0.4 is 14.4 Å². The lowest BCUT2D eigenvalue weighted by molar-refractivity contribution is -0.119. The van der Waals surface area contributed by atoms with Crippen molar-refractivity contribution in [2.24, 2.45) is 0 Å². The Balaban J connectivity index is 1.89.